The van der Waals surface area contributed by atoms with E-state index in [1.54, 1.807) is 6.92 Å². The van der Waals surface area contributed by atoms with E-state index in [9.17, 15) is 18.0 Å². The number of fused-ring (bicyclic) bond motifs is 1. The van der Waals surface area contributed by atoms with Crippen molar-refractivity contribution in [1.29, 1.82) is 0 Å². The molecule has 1 aliphatic rings. The van der Waals surface area contributed by atoms with Crippen molar-refractivity contribution in [3.63, 3.8) is 0 Å². The van der Waals surface area contributed by atoms with Gasteiger partial charge < -0.3 is 9.88 Å². The Morgan fingerprint density at radius 3 is 2.80 bits per heavy atom. The number of aromatic amines is 1. The van der Waals surface area contributed by atoms with Crippen LogP contribution in [-0.4, -0.2) is 45.3 Å². The van der Waals surface area contributed by atoms with Crippen molar-refractivity contribution in [3.05, 3.63) is 23.8 Å². The summed E-state index contributed by atoms with van der Waals surface area (Å²) in [6, 6.07) is 5.37. The lowest BCUT2D eigenvalue weighted by molar-refractivity contribution is -0.164. The Balaban J connectivity index is 1.67. The van der Waals surface area contributed by atoms with E-state index in [2.05, 4.69) is 9.97 Å². The van der Waals surface area contributed by atoms with Crippen LogP contribution < -0.4 is 0 Å². The van der Waals surface area contributed by atoms with Gasteiger partial charge in [-0.25, -0.2) is 4.98 Å². The first-order valence-corrected chi connectivity index (χ1v) is 9.17. The van der Waals surface area contributed by atoms with Crippen molar-refractivity contribution < 1.29 is 18.0 Å². The van der Waals surface area contributed by atoms with E-state index >= 15 is 0 Å². The maximum absolute atomic E-state index is 12.8. The molecule has 0 radical (unpaired) electrons. The molecule has 3 rings (SSSR count). The van der Waals surface area contributed by atoms with Crippen molar-refractivity contribution in [2.75, 3.05) is 12.3 Å². The second-order valence-corrected chi connectivity index (χ2v) is 7.53. The topological polar surface area (TPSA) is 49.0 Å². The Morgan fingerprint density at radius 1 is 1.44 bits per heavy atom. The van der Waals surface area contributed by atoms with Crippen LogP contribution in [0, 0.1) is 12.8 Å². The molecule has 1 amide bonds. The van der Waals surface area contributed by atoms with Crippen LogP contribution in [0.1, 0.15) is 25.3 Å². The van der Waals surface area contributed by atoms with E-state index in [4.69, 9.17) is 0 Å². The zero-order valence-corrected chi connectivity index (χ0v) is 14.9. The molecule has 1 N–H and O–H groups in total. The number of thioether (sulfide) groups is 1. The molecular weight excluding hydrogens is 351 g/mol. The smallest absolute Gasteiger partial charge is 0.333 e. The molecule has 0 spiro atoms. The zero-order chi connectivity index (χ0) is 18.2. The number of carbonyl (C=O) groups excluding carboxylic acids is 1. The van der Waals surface area contributed by atoms with Crippen LogP contribution in [0.4, 0.5) is 13.2 Å². The highest BCUT2D eigenvalue weighted by atomic mass is 32.2. The molecule has 1 heterocycles. The number of imidazole rings is 1. The quantitative estimate of drug-likeness (QED) is 0.776. The average Bonchev–Trinajstić information content (AvgIpc) is 3.29. The minimum absolute atomic E-state index is 0.0635. The van der Waals surface area contributed by atoms with Crippen molar-refractivity contribution >= 4 is 28.7 Å². The van der Waals surface area contributed by atoms with Gasteiger partial charge in [-0.15, -0.1) is 0 Å². The number of aromatic nitrogens is 2. The summed E-state index contributed by atoms with van der Waals surface area (Å²) in [5, 5.41) is 0.542. The molecule has 25 heavy (non-hydrogen) atoms. The van der Waals surface area contributed by atoms with Crippen LogP contribution in [-0.2, 0) is 4.79 Å². The predicted octanol–water partition coefficient (Wildman–Crippen LogP) is 4.15. The van der Waals surface area contributed by atoms with Gasteiger partial charge in [0.1, 0.15) is 6.54 Å². The molecule has 1 aromatic carbocycles. The van der Waals surface area contributed by atoms with Crippen LogP contribution in [0.25, 0.3) is 11.0 Å². The third kappa shape index (κ3) is 4.68. The summed E-state index contributed by atoms with van der Waals surface area (Å²) in [5.74, 6) is -0.379. The zero-order valence-electron chi connectivity index (χ0n) is 14.1. The second-order valence-electron chi connectivity index (χ2n) is 6.57. The molecule has 1 atom stereocenters. The fourth-order valence-electron chi connectivity index (χ4n) is 2.87. The number of benzene rings is 1. The molecule has 136 valence electrons. The summed E-state index contributed by atoms with van der Waals surface area (Å²) < 4.78 is 38.5. The van der Waals surface area contributed by atoms with Crippen LogP contribution in [0.15, 0.2) is 23.4 Å². The maximum atomic E-state index is 12.8. The highest BCUT2D eigenvalue weighted by Crippen LogP contribution is 2.36. The van der Waals surface area contributed by atoms with Gasteiger partial charge >= 0.3 is 6.18 Å². The van der Waals surface area contributed by atoms with Gasteiger partial charge in [0, 0.05) is 6.04 Å². The van der Waals surface area contributed by atoms with Gasteiger partial charge in [-0.2, -0.15) is 13.2 Å². The molecule has 1 aliphatic carbocycles. The van der Waals surface area contributed by atoms with E-state index < -0.39 is 18.6 Å². The van der Waals surface area contributed by atoms with Crippen LogP contribution >= 0.6 is 11.8 Å². The van der Waals surface area contributed by atoms with E-state index in [1.165, 1.54) is 0 Å². The molecule has 1 unspecified atom stereocenters. The number of hydrogen-bond donors (Lipinski definition) is 1. The highest BCUT2D eigenvalue weighted by molar-refractivity contribution is 7.99. The van der Waals surface area contributed by atoms with Crippen molar-refractivity contribution in [1.82, 2.24) is 14.9 Å². The molecule has 8 heteroatoms. The fraction of sp³-hybridized carbons (Fsp3) is 0.529. The molecular formula is C17H20F3N3OS. The van der Waals surface area contributed by atoms with Crippen LogP contribution in [0.5, 0.6) is 0 Å². The number of hydrogen-bond acceptors (Lipinski definition) is 3. The Kier molecular flexibility index (Phi) is 4.99. The molecule has 4 nitrogen and oxygen atoms in total. The number of rotatable bonds is 6. The van der Waals surface area contributed by atoms with Gasteiger partial charge in [0.05, 0.1) is 16.8 Å². The summed E-state index contributed by atoms with van der Waals surface area (Å²) in [6.07, 6.45) is -2.61. The number of halogens is 3. The normalized spacial score (nSPS) is 16.2. The average molecular weight is 371 g/mol. The van der Waals surface area contributed by atoms with Crippen molar-refractivity contribution in [3.8, 4) is 0 Å². The lowest BCUT2D eigenvalue weighted by Gasteiger charge is -2.30. The van der Waals surface area contributed by atoms with Crippen LogP contribution in [0.2, 0.25) is 0 Å². The number of carbonyl (C=O) groups is 1. The molecule has 0 aliphatic heterocycles. The first kappa shape index (κ1) is 18.1. The number of nitrogens with zero attached hydrogens (tertiary/aromatic N) is 2. The predicted molar refractivity (Wildman–Crippen MR) is 91.5 cm³/mol. The lowest BCUT2D eigenvalue weighted by atomic mass is 10.2. The van der Waals surface area contributed by atoms with Gasteiger partial charge in [-0.3, -0.25) is 4.79 Å². The second kappa shape index (κ2) is 6.90. The standard InChI is InChI=1S/C17H20F3N3OS/c1-10-3-6-13-14(7-10)22-16(21-13)25-8-15(24)23(9-17(18,19)20)11(2)12-4-5-12/h3,6-7,11-12H,4-5,8-9H2,1-2H3,(H,21,22). The Morgan fingerprint density at radius 2 is 2.16 bits per heavy atom. The maximum Gasteiger partial charge on any atom is 0.406 e. The van der Waals surface area contributed by atoms with Gasteiger partial charge in [0.25, 0.3) is 0 Å². The summed E-state index contributed by atoms with van der Waals surface area (Å²) in [7, 11) is 0. The minimum atomic E-state index is -4.39. The van der Waals surface area contributed by atoms with Gasteiger partial charge in [-0.1, -0.05) is 17.8 Å². The number of nitrogens with one attached hydrogen (secondary N) is 1. The highest BCUT2D eigenvalue weighted by Gasteiger charge is 2.40. The Labute approximate surface area is 148 Å². The fourth-order valence-corrected chi connectivity index (χ4v) is 3.64. The molecule has 2 aromatic rings. The number of alkyl halides is 3. The third-order valence-electron chi connectivity index (χ3n) is 4.41. The van der Waals surface area contributed by atoms with E-state index in [1.807, 2.05) is 25.1 Å². The van der Waals surface area contributed by atoms with Gasteiger partial charge in [0.2, 0.25) is 5.91 Å². The third-order valence-corrected chi connectivity index (χ3v) is 5.27. The number of H-pyrrole nitrogens is 1. The Hall–Kier alpha value is -1.70. The Bertz CT molecular complexity index is 770. The van der Waals surface area contributed by atoms with Crippen molar-refractivity contribution in [2.24, 2.45) is 5.92 Å². The molecule has 1 saturated carbocycles. The largest absolute Gasteiger partial charge is 0.406 e. The van der Waals surface area contributed by atoms with Crippen molar-refractivity contribution in [2.45, 2.75) is 44.1 Å². The number of aryl methyl sites for hydroxylation is 1. The molecule has 1 fully saturated rings. The lowest BCUT2D eigenvalue weighted by Crippen LogP contribution is -2.46. The van der Waals surface area contributed by atoms with E-state index in [-0.39, 0.29) is 17.7 Å². The molecule has 1 aromatic heterocycles. The SMILES string of the molecule is Cc1ccc2nc(SCC(=O)N(CC(F)(F)F)C(C)C3CC3)[nH]c2c1. The summed E-state index contributed by atoms with van der Waals surface area (Å²) in [5.41, 5.74) is 2.71. The van der Waals surface area contributed by atoms with Gasteiger partial charge in [0.15, 0.2) is 5.16 Å². The monoisotopic (exact) mass is 371 g/mol. The van der Waals surface area contributed by atoms with E-state index in [0.717, 1.165) is 46.1 Å². The first-order chi connectivity index (χ1) is 11.7. The van der Waals surface area contributed by atoms with Crippen LogP contribution in [0.3, 0.4) is 0 Å². The van der Waals surface area contributed by atoms with E-state index in [0.29, 0.717) is 5.16 Å². The first-order valence-electron chi connectivity index (χ1n) is 8.18. The molecule has 0 saturated heterocycles. The van der Waals surface area contributed by atoms with Gasteiger partial charge in [-0.05, 0) is 50.3 Å². The molecule has 0 bridgehead atoms. The summed E-state index contributed by atoms with van der Waals surface area (Å²) in [6.45, 7) is 2.48. The summed E-state index contributed by atoms with van der Waals surface area (Å²) >= 11 is 1.14. The minimum Gasteiger partial charge on any atom is -0.333 e. The summed E-state index contributed by atoms with van der Waals surface area (Å²) in [4.78, 5) is 20.8. The number of amides is 1.